The fourth-order valence-corrected chi connectivity index (χ4v) is 3.12. The smallest absolute Gasteiger partial charge is 0.230 e. The highest BCUT2D eigenvalue weighted by atomic mass is 16.5. The van der Waals surface area contributed by atoms with Crippen LogP contribution in [-0.4, -0.2) is 47.5 Å². The number of rotatable bonds is 4. The minimum absolute atomic E-state index is 0.0633. The Bertz CT molecular complexity index is 695. The summed E-state index contributed by atoms with van der Waals surface area (Å²) in [4.78, 5) is 16.5. The van der Waals surface area contributed by atoms with Crippen LogP contribution in [0, 0.1) is 6.92 Å². The van der Waals surface area contributed by atoms with Gasteiger partial charge in [0.05, 0.1) is 12.1 Å². The fourth-order valence-electron chi connectivity index (χ4n) is 3.12. The number of amides is 1. The van der Waals surface area contributed by atoms with Gasteiger partial charge in [-0.25, -0.2) is 0 Å². The van der Waals surface area contributed by atoms with Crippen molar-refractivity contribution in [3.05, 3.63) is 52.9 Å². The van der Waals surface area contributed by atoms with Gasteiger partial charge in [0.2, 0.25) is 5.91 Å². The van der Waals surface area contributed by atoms with Crippen molar-refractivity contribution in [2.24, 2.45) is 0 Å². The Kier molecular flexibility index (Phi) is 4.48. The molecule has 1 aliphatic rings. The second-order valence-electron chi connectivity index (χ2n) is 6.43. The molecule has 5 heteroatoms. The highest BCUT2D eigenvalue weighted by Crippen LogP contribution is 2.22. The first-order valence-electron chi connectivity index (χ1n) is 7.96. The number of carbonyl (C=O) groups excluding carboxylic acids is 1. The number of hydrogen-bond acceptors (Lipinski definition) is 4. The van der Waals surface area contributed by atoms with E-state index in [1.165, 1.54) is 11.1 Å². The molecule has 2 aromatic rings. The molecule has 3 rings (SSSR count). The minimum atomic E-state index is 0.0633. The van der Waals surface area contributed by atoms with Gasteiger partial charge < -0.3 is 9.42 Å². The van der Waals surface area contributed by atoms with Crippen LogP contribution in [-0.2, 0) is 24.2 Å². The van der Waals surface area contributed by atoms with Crippen molar-refractivity contribution in [3.8, 4) is 0 Å². The van der Waals surface area contributed by atoms with E-state index in [4.69, 9.17) is 4.52 Å². The molecular weight excluding hydrogens is 290 g/mol. The zero-order chi connectivity index (χ0) is 16.4. The highest BCUT2D eigenvalue weighted by molar-refractivity contribution is 5.77. The van der Waals surface area contributed by atoms with Crippen molar-refractivity contribution in [1.82, 2.24) is 15.0 Å². The number of nitrogens with zero attached hydrogens (tertiary/aromatic N) is 3. The summed E-state index contributed by atoms with van der Waals surface area (Å²) in [5.41, 5.74) is 3.58. The third-order valence-corrected chi connectivity index (χ3v) is 4.53. The van der Waals surface area contributed by atoms with E-state index in [9.17, 15) is 4.79 Å². The Morgan fingerprint density at radius 2 is 2.13 bits per heavy atom. The van der Waals surface area contributed by atoms with E-state index in [1.54, 1.807) is 4.90 Å². The normalized spacial score (nSPS) is 17.8. The van der Waals surface area contributed by atoms with Gasteiger partial charge in [-0.05, 0) is 31.5 Å². The molecule has 2 heterocycles. The average molecular weight is 313 g/mol. The third-order valence-electron chi connectivity index (χ3n) is 4.53. The molecule has 0 saturated heterocycles. The second kappa shape index (κ2) is 6.54. The first-order chi connectivity index (χ1) is 11.0. The van der Waals surface area contributed by atoms with Crippen LogP contribution in [0.1, 0.15) is 22.6 Å². The van der Waals surface area contributed by atoms with Crippen LogP contribution >= 0.6 is 0 Å². The van der Waals surface area contributed by atoms with E-state index in [0.29, 0.717) is 11.8 Å². The fraction of sp³-hybridized carbons (Fsp3) is 0.444. The van der Waals surface area contributed by atoms with Crippen LogP contribution in [0.4, 0.5) is 0 Å². The zero-order valence-electron chi connectivity index (χ0n) is 14.0. The van der Waals surface area contributed by atoms with E-state index in [1.807, 2.05) is 20.0 Å². The minimum Gasteiger partial charge on any atom is -0.361 e. The molecule has 0 aliphatic carbocycles. The second-order valence-corrected chi connectivity index (χ2v) is 6.43. The zero-order valence-corrected chi connectivity index (χ0v) is 14.0. The molecule has 0 N–H and O–H groups in total. The molecule has 1 aromatic heterocycles. The van der Waals surface area contributed by atoms with E-state index in [-0.39, 0.29) is 12.3 Å². The third kappa shape index (κ3) is 3.62. The SMILES string of the molecule is Cc1cc(CC(=O)N(C)CC2Cc3ccccc3CN2C)on1. The lowest BCUT2D eigenvalue weighted by atomic mass is 9.94. The number of likely N-dealkylation sites (N-methyl/N-ethyl adjacent to an activating group) is 2. The standard InChI is InChI=1S/C18H23N3O2/c1-13-8-17(23-19-13)10-18(22)21(3)12-16-9-14-6-4-5-7-15(14)11-20(16)2/h4-8,16H,9-12H2,1-3H3. The lowest BCUT2D eigenvalue weighted by Crippen LogP contribution is -2.46. The molecule has 1 aliphatic heterocycles. The Labute approximate surface area is 136 Å². The Hall–Kier alpha value is -2.14. The monoisotopic (exact) mass is 313 g/mol. The molecule has 1 aromatic carbocycles. The van der Waals surface area contributed by atoms with Crippen LogP contribution in [0.15, 0.2) is 34.9 Å². The van der Waals surface area contributed by atoms with Crippen molar-refractivity contribution in [1.29, 1.82) is 0 Å². The van der Waals surface area contributed by atoms with E-state index in [2.05, 4.69) is 41.4 Å². The van der Waals surface area contributed by atoms with Crippen molar-refractivity contribution < 1.29 is 9.32 Å². The van der Waals surface area contributed by atoms with Crippen molar-refractivity contribution in [2.75, 3.05) is 20.6 Å². The Morgan fingerprint density at radius 1 is 1.39 bits per heavy atom. The summed E-state index contributed by atoms with van der Waals surface area (Å²) in [6.07, 6.45) is 1.25. The number of aryl methyl sites for hydroxylation is 1. The van der Waals surface area contributed by atoms with Crippen LogP contribution in [0.25, 0.3) is 0 Å². The summed E-state index contributed by atoms with van der Waals surface area (Å²) in [7, 11) is 3.98. The molecule has 1 unspecified atom stereocenters. The van der Waals surface area contributed by atoms with Crippen LogP contribution in [0.5, 0.6) is 0 Å². The van der Waals surface area contributed by atoms with Gasteiger partial charge in [0.15, 0.2) is 0 Å². The predicted octanol–water partition coefficient (Wildman–Crippen LogP) is 2.04. The molecule has 0 bridgehead atoms. The molecule has 1 atom stereocenters. The largest absolute Gasteiger partial charge is 0.361 e. The summed E-state index contributed by atoms with van der Waals surface area (Å²) in [5, 5.41) is 3.83. The Morgan fingerprint density at radius 3 is 2.83 bits per heavy atom. The predicted molar refractivity (Wildman–Crippen MR) is 88.0 cm³/mol. The number of aromatic nitrogens is 1. The Balaban J connectivity index is 1.61. The molecule has 0 radical (unpaired) electrons. The molecule has 23 heavy (non-hydrogen) atoms. The summed E-state index contributed by atoms with van der Waals surface area (Å²) in [6.45, 7) is 3.51. The van der Waals surface area contributed by atoms with Gasteiger partial charge >= 0.3 is 0 Å². The number of benzene rings is 1. The number of hydrogen-bond donors (Lipinski definition) is 0. The van der Waals surface area contributed by atoms with E-state index in [0.717, 1.165) is 25.2 Å². The van der Waals surface area contributed by atoms with Crippen molar-refractivity contribution in [3.63, 3.8) is 0 Å². The van der Waals surface area contributed by atoms with Crippen LogP contribution in [0.3, 0.4) is 0 Å². The molecule has 0 fully saturated rings. The van der Waals surface area contributed by atoms with Gasteiger partial charge in [-0.3, -0.25) is 9.69 Å². The molecule has 1 amide bonds. The quantitative estimate of drug-likeness (QED) is 0.867. The van der Waals surface area contributed by atoms with Crippen LogP contribution in [0.2, 0.25) is 0 Å². The maximum Gasteiger partial charge on any atom is 0.230 e. The summed E-state index contributed by atoms with van der Waals surface area (Å²) >= 11 is 0. The van der Waals surface area contributed by atoms with Gasteiger partial charge in [0, 0.05) is 32.2 Å². The molecule has 0 spiro atoms. The first-order valence-corrected chi connectivity index (χ1v) is 7.96. The molecule has 0 saturated carbocycles. The van der Waals surface area contributed by atoms with Gasteiger partial charge in [-0.2, -0.15) is 0 Å². The van der Waals surface area contributed by atoms with Gasteiger partial charge in [-0.1, -0.05) is 29.4 Å². The molecule has 5 nitrogen and oxygen atoms in total. The maximum atomic E-state index is 12.4. The molecular formula is C18H23N3O2. The van der Waals surface area contributed by atoms with E-state index >= 15 is 0 Å². The number of carbonyl (C=O) groups is 1. The highest BCUT2D eigenvalue weighted by Gasteiger charge is 2.25. The summed E-state index contributed by atoms with van der Waals surface area (Å²) in [5.74, 6) is 0.690. The lowest BCUT2D eigenvalue weighted by Gasteiger charge is -2.36. The lowest BCUT2D eigenvalue weighted by molar-refractivity contribution is -0.130. The first kappa shape index (κ1) is 15.7. The maximum absolute atomic E-state index is 12.4. The summed E-state index contributed by atoms with van der Waals surface area (Å²) in [6, 6.07) is 10.7. The van der Waals surface area contributed by atoms with Gasteiger partial charge in [0.1, 0.15) is 5.76 Å². The summed E-state index contributed by atoms with van der Waals surface area (Å²) < 4.78 is 5.13. The number of fused-ring (bicyclic) bond motifs is 1. The molecule has 122 valence electrons. The topological polar surface area (TPSA) is 49.6 Å². The van der Waals surface area contributed by atoms with Crippen molar-refractivity contribution in [2.45, 2.75) is 32.4 Å². The van der Waals surface area contributed by atoms with Crippen molar-refractivity contribution >= 4 is 5.91 Å². The van der Waals surface area contributed by atoms with Gasteiger partial charge in [-0.15, -0.1) is 0 Å². The average Bonchev–Trinajstić information content (AvgIpc) is 2.93. The van der Waals surface area contributed by atoms with E-state index < -0.39 is 0 Å². The van der Waals surface area contributed by atoms with Crippen LogP contribution < -0.4 is 0 Å². The van der Waals surface area contributed by atoms with Gasteiger partial charge in [0.25, 0.3) is 0 Å².